The average Bonchev–Trinajstić information content (AvgIpc) is 3.23. The molecule has 162 valence electrons. The Kier molecular flexibility index (Phi) is 5.90. The van der Waals surface area contributed by atoms with Crippen LogP contribution in [0.4, 0.5) is 22.7 Å². The first-order valence-electron chi connectivity index (χ1n) is 9.58. The van der Waals surface area contributed by atoms with E-state index in [1.165, 1.54) is 35.8 Å². The molecule has 10 heteroatoms. The minimum atomic E-state index is -4.49. The summed E-state index contributed by atoms with van der Waals surface area (Å²) in [7, 11) is 0. The van der Waals surface area contributed by atoms with E-state index in [-0.39, 0.29) is 11.4 Å². The lowest BCUT2D eigenvalue weighted by Crippen LogP contribution is -2.48. The van der Waals surface area contributed by atoms with Crippen LogP contribution in [0.3, 0.4) is 0 Å². The summed E-state index contributed by atoms with van der Waals surface area (Å²) in [6, 6.07) is 10.6. The van der Waals surface area contributed by atoms with Crippen molar-refractivity contribution < 1.29 is 22.4 Å². The Morgan fingerprint density at radius 2 is 1.74 bits per heavy atom. The van der Waals surface area contributed by atoms with Crippen LogP contribution >= 0.6 is 11.5 Å². The fraction of sp³-hybridized carbons (Fsp3) is 0.286. The van der Waals surface area contributed by atoms with Gasteiger partial charge in [0.1, 0.15) is 11.6 Å². The van der Waals surface area contributed by atoms with Gasteiger partial charge >= 0.3 is 6.18 Å². The van der Waals surface area contributed by atoms with Crippen LogP contribution in [0, 0.1) is 5.82 Å². The normalized spacial score (nSPS) is 14.7. The molecule has 0 bridgehead atoms. The lowest BCUT2D eigenvalue weighted by molar-refractivity contribution is -0.137. The fourth-order valence-corrected chi connectivity index (χ4v) is 4.08. The van der Waals surface area contributed by atoms with Crippen LogP contribution in [0.1, 0.15) is 27.3 Å². The van der Waals surface area contributed by atoms with Crippen LogP contribution in [0.5, 0.6) is 0 Å². The Morgan fingerprint density at radius 1 is 1.03 bits per heavy atom. The molecule has 1 amide bonds. The van der Waals surface area contributed by atoms with Crippen LogP contribution in [-0.2, 0) is 12.6 Å². The van der Waals surface area contributed by atoms with Gasteiger partial charge in [-0.3, -0.25) is 4.79 Å². The summed E-state index contributed by atoms with van der Waals surface area (Å²) in [5, 5.41) is 0.725. The number of rotatable bonds is 4. The fourth-order valence-electron chi connectivity index (χ4n) is 3.34. The molecule has 2 heterocycles. The molecular formula is C21H18F4N4OS. The SMILES string of the molecule is O=C(c1cccc(C(F)(F)F)c1)N1CCN(c2nc(Cc3ccc(F)cc3)ns2)CC1. The van der Waals surface area contributed by atoms with E-state index >= 15 is 0 Å². The maximum atomic E-state index is 13.0. The number of benzene rings is 2. The number of halogens is 4. The van der Waals surface area contributed by atoms with E-state index in [0.717, 1.165) is 22.8 Å². The van der Waals surface area contributed by atoms with E-state index in [1.54, 1.807) is 17.0 Å². The summed E-state index contributed by atoms with van der Waals surface area (Å²) >= 11 is 1.25. The highest BCUT2D eigenvalue weighted by Crippen LogP contribution is 2.30. The molecule has 0 spiro atoms. The van der Waals surface area contributed by atoms with E-state index in [1.807, 2.05) is 4.90 Å². The van der Waals surface area contributed by atoms with E-state index < -0.39 is 17.6 Å². The number of nitrogens with zero attached hydrogens (tertiary/aromatic N) is 4. The van der Waals surface area contributed by atoms with Crippen LogP contribution in [0.25, 0.3) is 0 Å². The van der Waals surface area contributed by atoms with Gasteiger partial charge in [0.2, 0.25) is 5.13 Å². The number of carbonyl (C=O) groups is 1. The second-order valence-electron chi connectivity index (χ2n) is 7.15. The van der Waals surface area contributed by atoms with Crippen molar-refractivity contribution in [3.8, 4) is 0 Å². The maximum absolute atomic E-state index is 13.0. The van der Waals surface area contributed by atoms with Gasteiger partial charge in [0.25, 0.3) is 5.91 Å². The molecule has 0 aliphatic carbocycles. The van der Waals surface area contributed by atoms with Gasteiger partial charge in [-0.15, -0.1) is 0 Å². The molecule has 3 aromatic rings. The molecule has 2 aromatic carbocycles. The lowest BCUT2D eigenvalue weighted by atomic mass is 10.1. The van der Waals surface area contributed by atoms with Crippen molar-refractivity contribution in [2.75, 3.05) is 31.1 Å². The van der Waals surface area contributed by atoms with Gasteiger partial charge in [-0.1, -0.05) is 18.2 Å². The maximum Gasteiger partial charge on any atom is 0.416 e. The number of aromatic nitrogens is 2. The molecule has 0 atom stereocenters. The lowest BCUT2D eigenvalue weighted by Gasteiger charge is -2.34. The molecule has 1 saturated heterocycles. The Hall–Kier alpha value is -3.01. The van der Waals surface area contributed by atoms with Gasteiger partial charge in [0, 0.05) is 49.7 Å². The molecule has 0 N–H and O–H groups in total. The molecule has 0 radical (unpaired) electrons. The third kappa shape index (κ3) is 5.01. The first-order valence-corrected chi connectivity index (χ1v) is 10.4. The molecule has 1 fully saturated rings. The molecule has 0 unspecified atom stereocenters. The zero-order valence-electron chi connectivity index (χ0n) is 16.3. The zero-order valence-corrected chi connectivity index (χ0v) is 17.1. The van der Waals surface area contributed by atoms with Gasteiger partial charge in [-0.05, 0) is 35.9 Å². The summed E-state index contributed by atoms with van der Waals surface area (Å²) in [6.07, 6.45) is -4.00. The summed E-state index contributed by atoms with van der Waals surface area (Å²) in [4.78, 5) is 20.7. The van der Waals surface area contributed by atoms with Crippen LogP contribution in [0.15, 0.2) is 48.5 Å². The van der Waals surface area contributed by atoms with E-state index in [2.05, 4.69) is 9.36 Å². The standard InChI is InChI=1S/C21H18F4N4OS/c22-17-6-4-14(5-7-17)12-18-26-20(31-27-18)29-10-8-28(9-11-29)19(30)15-2-1-3-16(13-15)21(23,24)25/h1-7,13H,8-12H2. The van der Waals surface area contributed by atoms with Crippen LogP contribution in [-0.4, -0.2) is 46.3 Å². The van der Waals surface area contributed by atoms with Crippen LogP contribution < -0.4 is 4.90 Å². The number of amides is 1. The minimum Gasteiger partial charge on any atom is -0.343 e. The van der Waals surface area contributed by atoms with Crippen molar-refractivity contribution in [1.29, 1.82) is 0 Å². The summed E-state index contributed by atoms with van der Waals surface area (Å²) in [5.41, 5.74) is 0.0996. The first kappa shape index (κ1) is 21.2. The second kappa shape index (κ2) is 8.62. The predicted molar refractivity (Wildman–Crippen MR) is 109 cm³/mol. The van der Waals surface area contributed by atoms with Crippen molar-refractivity contribution in [3.63, 3.8) is 0 Å². The molecule has 1 aromatic heterocycles. The van der Waals surface area contributed by atoms with Gasteiger partial charge in [-0.25, -0.2) is 9.37 Å². The summed E-state index contributed by atoms with van der Waals surface area (Å²) in [6.45, 7) is 1.77. The topological polar surface area (TPSA) is 49.3 Å². The van der Waals surface area contributed by atoms with Gasteiger partial charge < -0.3 is 9.80 Å². The van der Waals surface area contributed by atoms with Crippen molar-refractivity contribution in [1.82, 2.24) is 14.3 Å². The second-order valence-corrected chi connectivity index (χ2v) is 7.88. The highest BCUT2D eigenvalue weighted by Gasteiger charge is 2.32. The van der Waals surface area contributed by atoms with Gasteiger partial charge in [0.05, 0.1) is 5.56 Å². The highest BCUT2D eigenvalue weighted by molar-refractivity contribution is 7.09. The largest absolute Gasteiger partial charge is 0.416 e. The van der Waals surface area contributed by atoms with E-state index in [9.17, 15) is 22.4 Å². The summed E-state index contributed by atoms with van der Waals surface area (Å²) in [5.74, 6) is -0.0812. The van der Waals surface area contributed by atoms with Gasteiger partial charge in [0.15, 0.2) is 0 Å². The number of hydrogen-bond donors (Lipinski definition) is 0. The smallest absolute Gasteiger partial charge is 0.343 e. The Labute approximate surface area is 180 Å². The van der Waals surface area contributed by atoms with Gasteiger partial charge in [-0.2, -0.15) is 17.5 Å². The highest BCUT2D eigenvalue weighted by atomic mass is 32.1. The molecule has 1 aliphatic heterocycles. The van der Waals surface area contributed by atoms with E-state index in [4.69, 9.17) is 0 Å². The molecule has 5 nitrogen and oxygen atoms in total. The monoisotopic (exact) mass is 450 g/mol. The summed E-state index contributed by atoms with van der Waals surface area (Å²) < 4.78 is 56.1. The zero-order chi connectivity index (χ0) is 22.0. The number of piperazine rings is 1. The third-order valence-electron chi connectivity index (χ3n) is 5.01. The molecular weight excluding hydrogens is 432 g/mol. The Balaban J connectivity index is 1.36. The minimum absolute atomic E-state index is 0.0285. The number of alkyl halides is 3. The first-order chi connectivity index (χ1) is 14.8. The third-order valence-corrected chi connectivity index (χ3v) is 5.82. The predicted octanol–water partition coefficient (Wildman–Crippen LogP) is 4.25. The van der Waals surface area contributed by atoms with Crippen molar-refractivity contribution in [2.45, 2.75) is 12.6 Å². The number of anilines is 1. The van der Waals surface area contributed by atoms with E-state index in [0.29, 0.717) is 38.4 Å². The van der Waals surface area contributed by atoms with Crippen molar-refractivity contribution in [2.24, 2.45) is 0 Å². The molecule has 0 saturated carbocycles. The Bertz CT molecular complexity index is 1060. The molecule has 31 heavy (non-hydrogen) atoms. The van der Waals surface area contributed by atoms with Crippen molar-refractivity contribution >= 4 is 22.6 Å². The molecule has 1 aliphatic rings. The Morgan fingerprint density at radius 3 is 2.42 bits per heavy atom. The number of carbonyl (C=O) groups excluding carboxylic acids is 1. The number of hydrogen-bond acceptors (Lipinski definition) is 5. The molecule has 4 rings (SSSR count). The average molecular weight is 450 g/mol. The van der Waals surface area contributed by atoms with Crippen LogP contribution in [0.2, 0.25) is 0 Å². The van der Waals surface area contributed by atoms with Crippen molar-refractivity contribution in [3.05, 3.63) is 76.9 Å². The quantitative estimate of drug-likeness (QED) is 0.558.